The first-order chi connectivity index (χ1) is 7.78. The fourth-order valence-corrected chi connectivity index (χ4v) is 1.32. The lowest BCUT2D eigenvalue weighted by atomic mass is 10.3. The second-order valence-electron chi connectivity index (χ2n) is 2.89. The maximum absolute atomic E-state index is 8.66. The summed E-state index contributed by atoms with van der Waals surface area (Å²) in [4.78, 5) is 7.81. The van der Waals surface area contributed by atoms with E-state index in [1.165, 1.54) is 12.3 Å². The Bertz CT molecular complexity index is 534. The van der Waals surface area contributed by atoms with Crippen molar-refractivity contribution in [3.8, 4) is 17.8 Å². The molecule has 1 aromatic heterocycles. The molecule has 0 N–H and O–H groups in total. The van der Waals surface area contributed by atoms with E-state index in [9.17, 15) is 0 Å². The highest BCUT2D eigenvalue weighted by molar-refractivity contribution is 9.10. The predicted molar refractivity (Wildman–Crippen MR) is 61.0 cm³/mol. The Labute approximate surface area is 101 Å². The van der Waals surface area contributed by atoms with Crippen molar-refractivity contribution in [1.82, 2.24) is 9.97 Å². The Morgan fingerprint density at radius 3 is 2.62 bits per heavy atom. The maximum atomic E-state index is 8.66. The summed E-state index contributed by atoms with van der Waals surface area (Å²) in [5.74, 6) is 0.623. The van der Waals surface area contributed by atoms with Gasteiger partial charge in [-0.15, -0.1) is 0 Å². The molecule has 0 spiro atoms. The fourth-order valence-electron chi connectivity index (χ4n) is 1.06. The molecule has 4 nitrogen and oxygen atoms in total. The van der Waals surface area contributed by atoms with Crippen LogP contribution in [-0.2, 0) is 0 Å². The first kappa shape index (κ1) is 10.6. The van der Waals surface area contributed by atoms with Gasteiger partial charge in [0, 0.05) is 10.7 Å². The van der Waals surface area contributed by atoms with E-state index in [1.807, 2.05) is 18.2 Å². The molecule has 16 heavy (non-hydrogen) atoms. The van der Waals surface area contributed by atoms with Crippen molar-refractivity contribution in [2.75, 3.05) is 0 Å². The lowest BCUT2D eigenvalue weighted by Crippen LogP contribution is -1.92. The molecule has 0 unspecified atom stereocenters. The van der Waals surface area contributed by atoms with Crippen molar-refractivity contribution in [2.45, 2.75) is 0 Å². The van der Waals surface area contributed by atoms with Crippen LogP contribution in [0.3, 0.4) is 0 Å². The van der Waals surface area contributed by atoms with Crippen LogP contribution in [0.15, 0.2) is 41.0 Å². The summed E-state index contributed by atoms with van der Waals surface area (Å²) in [5, 5.41) is 8.66. The zero-order valence-corrected chi connectivity index (χ0v) is 9.68. The quantitative estimate of drug-likeness (QED) is 0.846. The van der Waals surface area contributed by atoms with Crippen molar-refractivity contribution in [2.24, 2.45) is 0 Å². The molecule has 0 atom stereocenters. The number of aromatic nitrogens is 2. The summed E-state index contributed by atoms with van der Waals surface area (Å²) in [6.45, 7) is 0. The van der Waals surface area contributed by atoms with Gasteiger partial charge in [-0.25, -0.2) is 4.98 Å². The van der Waals surface area contributed by atoms with Gasteiger partial charge < -0.3 is 4.74 Å². The molecule has 0 aliphatic rings. The molecule has 5 heteroatoms. The van der Waals surface area contributed by atoms with Gasteiger partial charge in [0.1, 0.15) is 17.5 Å². The molecule has 0 radical (unpaired) electrons. The van der Waals surface area contributed by atoms with E-state index in [0.717, 1.165) is 4.47 Å². The van der Waals surface area contributed by atoms with Crippen LogP contribution in [0.2, 0.25) is 0 Å². The van der Waals surface area contributed by atoms with Crippen molar-refractivity contribution in [1.29, 1.82) is 5.26 Å². The van der Waals surface area contributed by atoms with Gasteiger partial charge in [-0.3, -0.25) is 0 Å². The zero-order valence-electron chi connectivity index (χ0n) is 8.09. The first-order valence-electron chi connectivity index (χ1n) is 4.44. The van der Waals surface area contributed by atoms with E-state index in [4.69, 9.17) is 10.00 Å². The van der Waals surface area contributed by atoms with Crippen molar-refractivity contribution in [3.05, 3.63) is 46.7 Å². The topological polar surface area (TPSA) is 58.8 Å². The second kappa shape index (κ2) is 4.73. The minimum Gasteiger partial charge on any atom is -0.424 e. The SMILES string of the molecule is N#Cc1ccnc(Oc2ccc(Br)cc2)n1. The molecule has 2 aromatic rings. The molecule has 0 bridgehead atoms. The molecular formula is C11H6BrN3O. The molecule has 0 amide bonds. The zero-order chi connectivity index (χ0) is 11.4. The first-order valence-corrected chi connectivity index (χ1v) is 5.24. The third-order valence-electron chi connectivity index (χ3n) is 1.77. The average Bonchev–Trinajstić information content (AvgIpc) is 2.32. The normalized spacial score (nSPS) is 9.50. The molecule has 78 valence electrons. The minimum atomic E-state index is 0.168. The van der Waals surface area contributed by atoms with E-state index in [0.29, 0.717) is 5.75 Å². The van der Waals surface area contributed by atoms with E-state index in [-0.39, 0.29) is 11.7 Å². The Kier molecular flexibility index (Phi) is 3.13. The standard InChI is InChI=1S/C11H6BrN3O/c12-8-1-3-10(4-2-8)16-11-14-6-5-9(7-13)15-11/h1-6H. The molecular weight excluding hydrogens is 270 g/mol. The number of rotatable bonds is 2. The highest BCUT2D eigenvalue weighted by Gasteiger charge is 2.01. The van der Waals surface area contributed by atoms with Crippen molar-refractivity contribution >= 4 is 15.9 Å². The Balaban J connectivity index is 2.21. The fraction of sp³-hybridized carbons (Fsp3) is 0. The van der Waals surface area contributed by atoms with E-state index < -0.39 is 0 Å². The van der Waals surface area contributed by atoms with Gasteiger partial charge in [0.05, 0.1) is 0 Å². The van der Waals surface area contributed by atoms with Gasteiger partial charge in [-0.1, -0.05) is 15.9 Å². The summed E-state index contributed by atoms with van der Waals surface area (Å²) in [5.41, 5.74) is 0.280. The molecule has 0 aliphatic heterocycles. The van der Waals surface area contributed by atoms with Crippen LogP contribution < -0.4 is 4.74 Å². The number of nitriles is 1. The van der Waals surface area contributed by atoms with Crippen LogP contribution in [0.1, 0.15) is 5.69 Å². The smallest absolute Gasteiger partial charge is 0.323 e. The summed E-state index contributed by atoms with van der Waals surface area (Å²) < 4.78 is 6.35. The number of halogens is 1. The largest absolute Gasteiger partial charge is 0.424 e. The van der Waals surface area contributed by atoms with Gasteiger partial charge in [0.25, 0.3) is 0 Å². The van der Waals surface area contributed by atoms with Gasteiger partial charge in [0.2, 0.25) is 0 Å². The summed E-state index contributed by atoms with van der Waals surface area (Å²) in [6.07, 6.45) is 1.49. The number of benzene rings is 1. The number of nitrogens with zero attached hydrogens (tertiary/aromatic N) is 3. The number of hydrogen-bond donors (Lipinski definition) is 0. The highest BCUT2D eigenvalue weighted by atomic mass is 79.9. The number of hydrogen-bond acceptors (Lipinski definition) is 4. The Morgan fingerprint density at radius 1 is 1.19 bits per heavy atom. The lowest BCUT2D eigenvalue weighted by Gasteiger charge is -2.02. The van der Waals surface area contributed by atoms with Crippen LogP contribution in [0.25, 0.3) is 0 Å². The summed E-state index contributed by atoms with van der Waals surface area (Å²) >= 11 is 3.32. The predicted octanol–water partition coefficient (Wildman–Crippen LogP) is 2.90. The summed E-state index contributed by atoms with van der Waals surface area (Å²) in [6, 6.07) is 10.9. The minimum absolute atomic E-state index is 0.168. The molecule has 0 aliphatic carbocycles. The van der Waals surface area contributed by atoms with E-state index >= 15 is 0 Å². The van der Waals surface area contributed by atoms with Crippen LogP contribution in [0.5, 0.6) is 11.8 Å². The van der Waals surface area contributed by atoms with Crippen LogP contribution in [0.4, 0.5) is 0 Å². The van der Waals surface area contributed by atoms with Crippen molar-refractivity contribution in [3.63, 3.8) is 0 Å². The van der Waals surface area contributed by atoms with Gasteiger partial charge in [0.15, 0.2) is 0 Å². The molecule has 0 saturated heterocycles. The highest BCUT2D eigenvalue weighted by Crippen LogP contribution is 2.20. The van der Waals surface area contributed by atoms with Gasteiger partial charge in [-0.05, 0) is 30.3 Å². The molecule has 0 fully saturated rings. The third kappa shape index (κ3) is 2.55. The Morgan fingerprint density at radius 2 is 1.94 bits per heavy atom. The maximum Gasteiger partial charge on any atom is 0.323 e. The monoisotopic (exact) mass is 275 g/mol. The van der Waals surface area contributed by atoms with Crippen molar-refractivity contribution < 1.29 is 4.74 Å². The van der Waals surface area contributed by atoms with Crippen LogP contribution in [0, 0.1) is 11.3 Å². The molecule has 2 rings (SSSR count). The molecule has 1 heterocycles. The van der Waals surface area contributed by atoms with Crippen LogP contribution >= 0.6 is 15.9 Å². The van der Waals surface area contributed by atoms with E-state index in [2.05, 4.69) is 25.9 Å². The molecule has 1 aromatic carbocycles. The third-order valence-corrected chi connectivity index (χ3v) is 2.30. The summed E-state index contributed by atoms with van der Waals surface area (Å²) in [7, 11) is 0. The van der Waals surface area contributed by atoms with Crippen LogP contribution in [-0.4, -0.2) is 9.97 Å². The van der Waals surface area contributed by atoms with Gasteiger partial charge in [-0.2, -0.15) is 10.2 Å². The average molecular weight is 276 g/mol. The lowest BCUT2D eigenvalue weighted by molar-refractivity contribution is 0.441. The number of ether oxygens (including phenoxy) is 1. The molecule has 0 saturated carbocycles. The van der Waals surface area contributed by atoms with E-state index in [1.54, 1.807) is 12.1 Å². The Hall–Kier alpha value is -1.93. The second-order valence-corrected chi connectivity index (χ2v) is 3.81. The van der Waals surface area contributed by atoms with Gasteiger partial charge >= 0.3 is 6.01 Å².